The predicted molar refractivity (Wildman–Crippen MR) is 50.0 cm³/mol. The van der Waals surface area contributed by atoms with E-state index in [0.717, 1.165) is 0 Å². The molecule has 3 nitrogen and oxygen atoms in total. The van der Waals surface area contributed by atoms with Crippen molar-refractivity contribution in [3.8, 4) is 11.8 Å². The first-order valence-corrected chi connectivity index (χ1v) is 4.48. The topological polar surface area (TPSA) is 52.3 Å². The zero-order chi connectivity index (χ0) is 9.73. The number of hydrogen-bond acceptors (Lipinski definition) is 3. The third-order valence-electron chi connectivity index (χ3n) is 2.26. The second-order valence-corrected chi connectivity index (χ2v) is 3.31. The molecule has 1 aliphatic heterocycles. The van der Waals surface area contributed by atoms with E-state index < -0.39 is 5.54 Å². The molecule has 0 aliphatic carbocycles. The zero-order valence-corrected chi connectivity index (χ0v) is 7.93. The molecule has 0 aromatic carbocycles. The molecule has 1 atom stereocenters. The van der Waals surface area contributed by atoms with Gasteiger partial charge >= 0.3 is 0 Å². The maximum Gasteiger partial charge on any atom is 0.156 e. The van der Waals surface area contributed by atoms with Crippen molar-refractivity contribution in [3.05, 3.63) is 0 Å². The molecule has 1 heterocycles. The van der Waals surface area contributed by atoms with Crippen LogP contribution in [-0.2, 0) is 9.53 Å². The van der Waals surface area contributed by atoms with E-state index in [-0.39, 0.29) is 5.78 Å². The minimum Gasteiger partial charge on any atom is -0.379 e. The maximum atomic E-state index is 11.6. The van der Waals surface area contributed by atoms with E-state index in [4.69, 9.17) is 10.5 Å². The molecule has 3 heteroatoms. The Morgan fingerprint density at radius 1 is 1.69 bits per heavy atom. The molecule has 0 aromatic heterocycles. The average molecular weight is 181 g/mol. The van der Waals surface area contributed by atoms with Gasteiger partial charge in [0, 0.05) is 19.4 Å². The summed E-state index contributed by atoms with van der Waals surface area (Å²) in [7, 11) is 0. The fourth-order valence-electron chi connectivity index (χ4n) is 1.35. The number of hydrogen-bond donors (Lipinski definition) is 1. The van der Waals surface area contributed by atoms with Crippen molar-refractivity contribution in [2.45, 2.75) is 31.7 Å². The molecular weight excluding hydrogens is 166 g/mol. The van der Waals surface area contributed by atoms with Crippen LogP contribution in [0, 0.1) is 11.8 Å². The predicted octanol–water partition coefficient (Wildman–Crippen LogP) is 0.477. The molecule has 1 fully saturated rings. The number of ketones is 1. The molecule has 0 bridgehead atoms. The molecule has 13 heavy (non-hydrogen) atoms. The van der Waals surface area contributed by atoms with Crippen molar-refractivity contribution in [1.29, 1.82) is 0 Å². The third kappa shape index (κ3) is 2.55. The lowest BCUT2D eigenvalue weighted by Crippen LogP contribution is -2.48. The van der Waals surface area contributed by atoms with Gasteiger partial charge in [0.05, 0.1) is 6.61 Å². The molecule has 2 N–H and O–H groups in total. The van der Waals surface area contributed by atoms with Crippen LogP contribution in [0.5, 0.6) is 0 Å². The van der Waals surface area contributed by atoms with Crippen molar-refractivity contribution in [2.75, 3.05) is 13.2 Å². The summed E-state index contributed by atoms with van der Waals surface area (Å²) in [5.41, 5.74) is 5.14. The number of ether oxygens (including phenoxy) is 1. The van der Waals surface area contributed by atoms with Gasteiger partial charge < -0.3 is 10.5 Å². The lowest BCUT2D eigenvalue weighted by Gasteiger charge is -2.18. The van der Waals surface area contributed by atoms with E-state index in [1.807, 2.05) is 0 Å². The molecule has 0 spiro atoms. The second kappa shape index (κ2) is 4.40. The Morgan fingerprint density at radius 2 is 2.46 bits per heavy atom. The molecule has 1 unspecified atom stereocenters. The summed E-state index contributed by atoms with van der Waals surface area (Å²) >= 11 is 0. The summed E-state index contributed by atoms with van der Waals surface area (Å²) in [5.74, 6) is 5.68. The van der Waals surface area contributed by atoms with Crippen LogP contribution in [0.3, 0.4) is 0 Å². The first kappa shape index (κ1) is 10.2. The normalized spacial score (nSPS) is 26.6. The van der Waals surface area contributed by atoms with Gasteiger partial charge in [0.2, 0.25) is 0 Å². The molecule has 0 aromatic rings. The van der Waals surface area contributed by atoms with Crippen molar-refractivity contribution < 1.29 is 9.53 Å². The minimum absolute atomic E-state index is 0.0766. The van der Waals surface area contributed by atoms with E-state index in [1.165, 1.54) is 0 Å². The summed E-state index contributed by atoms with van der Waals surface area (Å²) in [5, 5.41) is 0. The van der Waals surface area contributed by atoms with Gasteiger partial charge in [-0.2, -0.15) is 0 Å². The molecule has 0 saturated carbocycles. The van der Waals surface area contributed by atoms with Gasteiger partial charge in [-0.3, -0.25) is 4.79 Å². The highest BCUT2D eigenvalue weighted by Crippen LogP contribution is 2.18. The molecule has 0 amide bonds. The van der Waals surface area contributed by atoms with Crippen molar-refractivity contribution in [2.24, 2.45) is 5.73 Å². The van der Waals surface area contributed by atoms with Gasteiger partial charge in [-0.1, -0.05) is 0 Å². The minimum atomic E-state index is -0.727. The highest BCUT2D eigenvalue weighted by atomic mass is 16.5. The Bertz CT molecular complexity index is 243. The molecular formula is C10H15NO2. The van der Waals surface area contributed by atoms with Crippen LogP contribution >= 0.6 is 0 Å². The first-order valence-electron chi connectivity index (χ1n) is 4.48. The van der Waals surface area contributed by atoms with Gasteiger partial charge in [-0.15, -0.1) is 11.8 Å². The second-order valence-electron chi connectivity index (χ2n) is 3.31. The quantitative estimate of drug-likeness (QED) is 0.644. The van der Waals surface area contributed by atoms with Crippen LogP contribution in [0.4, 0.5) is 0 Å². The maximum absolute atomic E-state index is 11.6. The van der Waals surface area contributed by atoms with Crippen molar-refractivity contribution in [1.82, 2.24) is 0 Å². The van der Waals surface area contributed by atoms with Crippen molar-refractivity contribution in [3.63, 3.8) is 0 Å². The number of rotatable bonds is 3. The summed E-state index contributed by atoms with van der Waals surface area (Å²) in [6.07, 6.45) is 1.69. The summed E-state index contributed by atoms with van der Waals surface area (Å²) < 4.78 is 5.11. The van der Waals surface area contributed by atoms with E-state index in [0.29, 0.717) is 32.5 Å². The van der Waals surface area contributed by atoms with Crippen LogP contribution in [0.1, 0.15) is 26.2 Å². The number of carbonyl (C=O) groups is 1. The van der Waals surface area contributed by atoms with Crippen LogP contribution in [-0.4, -0.2) is 24.5 Å². The van der Waals surface area contributed by atoms with E-state index in [9.17, 15) is 4.79 Å². The molecule has 72 valence electrons. The Labute approximate surface area is 78.6 Å². The average Bonchev–Trinajstić information content (AvgIpc) is 2.54. The fraction of sp³-hybridized carbons (Fsp3) is 0.700. The Kier molecular flexibility index (Phi) is 3.47. The molecule has 0 radical (unpaired) electrons. The van der Waals surface area contributed by atoms with Crippen LogP contribution < -0.4 is 5.73 Å². The smallest absolute Gasteiger partial charge is 0.156 e. The Morgan fingerprint density at radius 3 is 3.00 bits per heavy atom. The summed E-state index contributed by atoms with van der Waals surface area (Å²) in [6.45, 7) is 2.73. The van der Waals surface area contributed by atoms with Gasteiger partial charge in [-0.05, 0) is 13.3 Å². The SMILES string of the molecule is CC#CCCC(=O)C1(N)CCOC1. The largest absolute Gasteiger partial charge is 0.379 e. The van der Waals surface area contributed by atoms with Gasteiger partial charge in [0.25, 0.3) is 0 Å². The van der Waals surface area contributed by atoms with E-state index >= 15 is 0 Å². The molecule has 1 rings (SSSR count). The fourth-order valence-corrected chi connectivity index (χ4v) is 1.35. The van der Waals surface area contributed by atoms with Crippen LogP contribution in [0.2, 0.25) is 0 Å². The number of nitrogens with two attached hydrogens (primary N) is 1. The number of carbonyl (C=O) groups excluding carboxylic acids is 1. The van der Waals surface area contributed by atoms with E-state index in [1.54, 1.807) is 6.92 Å². The van der Waals surface area contributed by atoms with Gasteiger partial charge in [0.1, 0.15) is 5.54 Å². The van der Waals surface area contributed by atoms with Crippen molar-refractivity contribution >= 4 is 5.78 Å². The van der Waals surface area contributed by atoms with Gasteiger partial charge in [-0.25, -0.2) is 0 Å². The lowest BCUT2D eigenvalue weighted by atomic mass is 9.92. The third-order valence-corrected chi connectivity index (χ3v) is 2.26. The highest BCUT2D eigenvalue weighted by Gasteiger charge is 2.36. The van der Waals surface area contributed by atoms with Crippen LogP contribution in [0.15, 0.2) is 0 Å². The van der Waals surface area contributed by atoms with Gasteiger partial charge in [0.15, 0.2) is 5.78 Å². The Balaban J connectivity index is 2.40. The molecule has 1 saturated heterocycles. The first-order chi connectivity index (χ1) is 6.19. The monoisotopic (exact) mass is 181 g/mol. The standard InChI is InChI=1S/C10H15NO2/c1-2-3-4-5-9(12)10(11)6-7-13-8-10/h4-8,11H2,1H3. The lowest BCUT2D eigenvalue weighted by molar-refractivity contribution is -0.124. The highest BCUT2D eigenvalue weighted by molar-refractivity contribution is 5.88. The molecule has 1 aliphatic rings. The van der Waals surface area contributed by atoms with Crippen LogP contribution in [0.25, 0.3) is 0 Å². The van der Waals surface area contributed by atoms with E-state index in [2.05, 4.69) is 11.8 Å². The number of Topliss-reactive ketones (excluding diaryl/α,β-unsaturated/α-hetero) is 1. The summed E-state index contributed by atoms with van der Waals surface area (Å²) in [4.78, 5) is 11.6. The summed E-state index contributed by atoms with van der Waals surface area (Å²) in [6, 6.07) is 0. The zero-order valence-electron chi connectivity index (χ0n) is 7.93. The Hall–Kier alpha value is -0.850.